The van der Waals surface area contributed by atoms with Gasteiger partial charge in [0.1, 0.15) is 5.82 Å². The van der Waals surface area contributed by atoms with Gasteiger partial charge in [0.25, 0.3) is 0 Å². The van der Waals surface area contributed by atoms with Crippen LogP contribution in [0.4, 0.5) is 4.39 Å². The molecule has 0 aliphatic carbocycles. The largest absolute Gasteiger partial charge is 0.333 e. The van der Waals surface area contributed by atoms with Gasteiger partial charge in [-0.05, 0) is 54.5 Å². The number of aryl methyl sites for hydroxylation is 1. The molecule has 1 aromatic carbocycles. The van der Waals surface area contributed by atoms with E-state index in [1.807, 2.05) is 25.3 Å². The number of carbonyl (C=O) groups excluding carboxylic acids is 2. The fraction of sp³-hybridized carbons (Fsp3) is 0.500. The Morgan fingerprint density at radius 3 is 2.27 bits per heavy atom. The molecular formula is C24H33FN2O2S. The van der Waals surface area contributed by atoms with Gasteiger partial charge in [-0.1, -0.05) is 38.8 Å². The molecule has 2 rings (SSSR count). The normalized spacial score (nSPS) is 10.8. The maximum Gasteiger partial charge on any atom is 0.242 e. The zero-order valence-corrected chi connectivity index (χ0v) is 19.1. The molecule has 0 saturated heterocycles. The molecule has 30 heavy (non-hydrogen) atoms. The number of rotatable bonds is 12. The SMILES string of the molecule is CCCCCC(=O)N(CCC)CC(=O)N(Cc1ccc(F)cc1)Cc1sccc1C. The summed E-state index contributed by atoms with van der Waals surface area (Å²) in [7, 11) is 0. The van der Waals surface area contributed by atoms with E-state index in [9.17, 15) is 14.0 Å². The number of nitrogens with zero attached hydrogens (tertiary/aromatic N) is 2. The van der Waals surface area contributed by atoms with E-state index in [1.165, 1.54) is 12.1 Å². The topological polar surface area (TPSA) is 40.6 Å². The van der Waals surface area contributed by atoms with Gasteiger partial charge in [0.05, 0.1) is 13.1 Å². The second-order valence-corrected chi connectivity index (χ2v) is 8.68. The van der Waals surface area contributed by atoms with E-state index in [-0.39, 0.29) is 24.2 Å². The van der Waals surface area contributed by atoms with E-state index in [2.05, 4.69) is 6.92 Å². The summed E-state index contributed by atoms with van der Waals surface area (Å²) in [5, 5.41) is 2.02. The van der Waals surface area contributed by atoms with Gasteiger partial charge < -0.3 is 9.80 Å². The van der Waals surface area contributed by atoms with Crippen LogP contribution in [0.1, 0.15) is 62.0 Å². The van der Waals surface area contributed by atoms with Crippen molar-refractivity contribution in [2.45, 2.75) is 66.0 Å². The highest BCUT2D eigenvalue weighted by molar-refractivity contribution is 7.10. The van der Waals surface area contributed by atoms with Crippen molar-refractivity contribution in [1.29, 1.82) is 0 Å². The van der Waals surface area contributed by atoms with E-state index < -0.39 is 0 Å². The van der Waals surface area contributed by atoms with E-state index >= 15 is 0 Å². The molecule has 0 aliphatic heterocycles. The minimum absolute atomic E-state index is 0.0488. The average Bonchev–Trinajstić information content (AvgIpc) is 3.13. The second-order valence-electron chi connectivity index (χ2n) is 7.68. The lowest BCUT2D eigenvalue weighted by Gasteiger charge is -2.28. The average molecular weight is 433 g/mol. The van der Waals surface area contributed by atoms with E-state index in [0.29, 0.717) is 26.1 Å². The molecule has 0 atom stereocenters. The van der Waals surface area contributed by atoms with Crippen molar-refractivity contribution >= 4 is 23.2 Å². The molecule has 1 aromatic heterocycles. The van der Waals surface area contributed by atoms with Gasteiger partial charge in [0.15, 0.2) is 0 Å². The van der Waals surface area contributed by atoms with Gasteiger partial charge in [-0.2, -0.15) is 0 Å². The van der Waals surface area contributed by atoms with Gasteiger partial charge in [0, 0.05) is 24.4 Å². The summed E-state index contributed by atoms with van der Waals surface area (Å²) < 4.78 is 13.3. The lowest BCUT2D eigenvalue weighted by atomic mass is 10.1. The van der Waals surface area contributed by atoms with Crippen molar-refractivity contribution in [1.82, 2.24) is 9.80 Å². The predicted octanol–water partition coefficient (Wildman–Crippen LogP) is 5.54. The van der Waals surface area contributed by atoms with Crippen LogP contribution in [0.2, 0.25) is 0 Å². The minimum Gasteiger partial charge on any atom is -0.333 e. The maximum atomic E-state index is 13.3. The molecule has 164 valence electrons. The molecule has 0 unspecified atom stereocenters. The summed E-state index contributed by atoms with van der Waals surface area (Å²) in [6.07, 6.45) is 4.24. The third kappa shape index (κ3) is 7.56. The summed E-state index contributed by atoms with van der Waals surface area (Å²) in [6, 6.07) is 8.28. The first-order valence-corrected chi connectivity index (χ1v) is 11.7. The highest BCUT2D eigenvalue weighted by Gasteiger charge is 2.22. The van der Waals surface area contributed by atoms with Crippen molar-refractivity contribution < 1.29 is 14.0 Å². The number of halogens is 1. The lowest BCUT2D eigenvalue weighted by Crippen LogP contribution is -2.42. The number of thiophene rings is 1. The van der Waals surface area contributed by atoms with Crippen molar-refractivity contribution in [3.05, 3.63) is 57.5 Å². The smallest absolute Gasteiger partial charge is 0.242 e. The number of hydrogen-bond acceptors (Lipinski definition) is 3. The fourth-order valence-corrected chi connectivity index (χ4v) is 4.21. The quantitative estimate of drug-likeness (QED) is 0.413. The van der Waals surface area contributed by atoms with Crippen molar-refractivity contribution in [2.24, 2.45) is 0 Å². The number of unbranched alkanes of at least 4 members (excludes halogenated alkanes) is 2. The number of carbonyl (C=O) groups is 2. The van der Waals surface area contributed by atoms with Crippen molar-refractivity contribution in [3.63, 3.8) is 0 Å². The van der Waals surface area contributed by atoms with Crippen molar-refractivity contribution in [3.8, 4) is 0 Å². The van der Waals surface area contributed by atoms with Crippen LogP contribution in [0.25, 0.3) is 0 Å². The van der Waals surface area contributed by atoms with Gasteiger partial charge in [0.2, 0.25) is 11.8 Å². The zero-order chi connectivity index (χ0) is 21.9. The Hall–Kier alpha value is -2.21. The summed E-state index contributed by atoms with van der Waals surface area (Å²) >= 11 is 1.62. The summed E-state index contributed by atoms with van der Waals surface area (Å²) in [6.45, 7) is 7.71. The second kappa shape index (κ2) is 12.5. The first kappa shape index (κ1) is 24.1. The Labute approximate surface area is 183 Å². The van der Waals surface area contributed by atoms with Crippen LogP contribution in [0, 0.1) is 12.7 Å². The van der Waals surface area contributed by atoms with Crippen LogP contribution in [0.3, 0.4) is 0 Å². The minimum atomic E-state index is -0.294. The predicted molar refractivity (Wildman–Crippen MR) is 121 cm³/mol. The highest BCUT2D eigenvalue weighted by atomic mass is 32.1. The van der Waals surface area contributed by atoms with Gasteiger partial charge in [-0.15, -0.1) is 11.3 Å². The molecule has 2 aromatic rings. The molecule has 2 amide bonds. The van der Waals surface area contributed by atoms with E-state index in [0.717, 1.165) is 41.7 Å². The molecule has 0 saturated carbocycles. The Balaban J connectivity index is 2.13. The molecule has 0 spiro atoms. The molecule has 0 fully saturated rings. The maximum absolute atomic E-state index is 13.3. The Morgan fingerprint density at radius 1 is 0.933 bits per heavy atom. The first-order valence-electron chi connectivity index (χ1n) is 10.8. The zero-order valence-electron chi connectivity index (χ0n) is 18.3. The molecule has 0 bridgehead atoms. The monoisotopic (exact) mass is 432 g/mol. The van der Waals surface area contributed by atoms with E-state index in [1.54, 1.807) is 33.3 Å². The summed E-state index contributed by atoms with van der Waals surface area (Å²) in [5.41, 5.74) is 2.02. The molecule has 4 nitrogen and oxygen atoms in total. The summed E-state index contributed by atoms with van der Waals surface area (Å²) in [5.74, 6) is -0.324. The van der Waals surface area contributed by atoms with Crippen LogP contribution in [-0.2, 0) is 22.7 Å². The van der Waals surface area contributed by atoms with Crippen LogP contribution in [0.15, 0.2) is 35.7 Å². The molecule has 1 heterocycles. The van der Waals surface area contributed by atoms with Gasteiger partial charge in [-0.3, -0.25) is 9.59 Å². The third-order valence-corrected chi connectivity index (χ3v) is 6.12. The molecule has 6 heteroatoms. The number of hydrogen-bond donors (Lipinski definition) is 0. The highest BCUT2D eigenvalue weighted by Crippen LogP contribution is 2.20. The van der Waals surface area contributed by atoms with Crippen molar-refractivity contribution in [2.75, 3.05) is 13.1 Å². The Morgan fingerprint density at radius 2 is 1.67 bits per heavy atom. The summed E-state index contributed by atoms with van der Waals surface area (Å²) in [4.78, 5) is 30.5. The standard InChI is InChI=1S/C24H33FN2O2S/c1-4-6-7-8-23(28)26(14-5-2)18-24(29)27(17-22-19(3)13-15-30-22)16-20-9-11-21(25)12-10-20/h9-13,15H,4-8,14,16-18H2,1-3H3. The fourth-order valence-electron chi connectivity index (χ4n) is 3.29. The molecule has 0 radical (unpaired) electrons. The molecule has 0 N–H and O–H groups in total. The number of benzene rings is 1. The lowest BCUT2D eigenvalue weighted by molar-refractivity contribution is -0.141. The number of amides is 2. The first-order chi connectivity index (χ1) is 14.4. The molecular weight excluding hydrogens is 399 g/mol. The Bertz CT molecular complexity index is 804. The van der Waals surface area contributed by atoms with E-state index in [4.69, 9.17) is 0 Å². The van der Waals surface area contributed by atoms with Crippen LogP contribution < -0.4 is 0 Å². The molecule has 0 aliphatic rings. The van der Waals surface area contributed by atoms with Gasteiger partial charge in [-0.25, -0.2) is 4.39 Å². The van der Waals surface area contributed by atoms with Crippen LogP contribution in [-0.4, -0.2) is 34.7 Å². The Kier molecular flexibility index (Phi) is 10.0. The van der Waals surface area contributed by atoms with Crippen LogP contribution >= 0.6 is 11.3 Å². The third-order valence-electron chi connectivity index (χ3n) is 5.11. The van der Waals surface area contributed by atoms with Gasteiger partial charge >= 0.3 is 0 Å². The van der Waals surface area contributed by atoms with Crippen LogP contribution in [0.5, 0.6) is 0 Å².